The summed E-state index contributed by atoms with van der Waals surface area (Å²) in [5.74, 6) is -0.834. The van der Waals surface area contributed by atoms with Gasteiger partial charge in [-0.05, 0) is 29.8 Å². The van der Waals surface area contributed by atoms with E-state index in [4.69, 9.17) is 5.73 Å². The van der Waals surface area contributed by atoms with Crippen LogP contribution in [0.2, 0.25) is 0 Å². The van der Waals surface area contributed by atoms with Crippen LogP contribution >= 0.6 is 11.8 Å². The molecule has 3 N–H and O–H groups in total. The molecule has 1 atom stereocenters. The molecule has 166 valence electrons. The first kappa shape index (κ1) is 21.4. The molecule has 8 heteroatoms. The third-order valence-electron chi connectivity index (χ3n) is 5.53. The Morgan fingerprint density at radius 2 is 1.41 bits per heavy atom. The van der Waals surface area contributed by atoms with Crippen molar-refractivity contribution in [2.24, 2.45) is 5.73 Å². The number of hydrogen-bond acceptors (Lipinski definition) is 6. The van der Waals surface area contributed by atoms with Gasteiger partial charge in [0, 0.05) is 5.69 Å². The summed E-state index contributed by atoms with van der Waals surface area (Å²) in [5, 5.41) is 11.1. The maximum Gasteiger partial charge on any atom is 0.285 e. The topological polar surface area (TPSA) is 102 Å². The third-order valence-corrected chi connectivity index (χ3v) is 6.89. The van der Waals surface area contributed by atoms with Crippen molar-refractivity contribution in [3.63, 3.8) is 0 Å². The number of rotatable bonds is 3. The van der Waals surface area contributed by atoms with Gasteiger partial charge in [-0.25, -0.2) is 5.01 Å². The summed E-state index contributed by atoms with van der Waals surface area (Å²) >= 11 is 1.26. The minimum absolute atomic E-state index is 0.0291. The summed E-state index contributed by atoms with van der Waals surface area (Å²) in [4.78, 5) is 28.3. The van der Waals surface area contributed by atoms with Crippen molar-refractivity contribution in [3.05, 3.63) is 119 Å². The molecule has 3 aromatic rings. The minimum Gasteiger partial charge on any atom is -0.384 e. The van der Waals surface area contributed by atoms with E-state index in [0.29, 0.717) is 22.0 Å². The molecule has 34 heavy (non-hydrogen) atoms. The van der Waals surface area contributed by atoms with Crippen molar-refractivity contribution >= 4 is 35.0 Å². The van der Waals surface area contributed by atoms with Gasteiger partial charge >= 0.3 is 0 Å². The second-order valence-corrected chi connectivity index (χ2v) is 8.68. The van der Waals surface area contributed by atoms with Gasteiger partial charge in [-0.3, -0.25) is 19.9 Å². The van der Waals surface area contributed by atoms with Gasteiger partial charge in [-0.2, -0.15) is 5.26 Å². The number of carbonyl (C=O) groups is 2. The highest BCUT2D eigenvalue weighted by molar-refractivity contribution is 8.03. The van der Waals surface area contributed by atoms with Crippen molar-refractivity contribution in [1.29, 1.82) is 5.26 Å². The van der Waals surface area contributed by atoms with Crippen molar-refractivity contribution in [3.8, 4) is 6.07 Å². The summed E-state index contributed by atoms with van der Waals surface area (Å²) in [6, 6.07) is 29.7. The average molecular weight is 466 g/mol. The Bertz CT molecular complexity index is 1360. The molecule has 0 spiro atoms. The summed E-state index contributed by atoms with van der Waals surface area (Å²) in [5.41, 5.74) is 11.6. The van der Waals surface area contributed by atoms with Crippen molar-refractivity contribution < 1.29 is 9.59 Å². The lowest BCUT2D eigenvalue weighted by molar-refractivity contribution is -0.117. The van der Waals surface area contributed by atoms with E-state index in [1.54, 1.807) is 29.2 Å². The lowest BCUT2D eigenvalue weighted by Gasteiger charge is -2.36. The fourth-order valence-electron chi connectivity index (χ4n) is 3.93. The monoisotopic (exact) mass is 465 g/mol. The van der Waals surface area contributed by atoms with Crippen LogP contribution < -0.4 is 21.1 Å². The van der Waals surface area contributed by atoms with Gasteiger partial charge in [0.2, 0.25) is 0 Å². The van der Waals surface area contributed by atoms with Crippen molar-refractivity contribution in [2.75, 3.05) is 9.91 Å². The average Bonchev–Trinajstić information content (AvgIpc) is 3.18. The summed E-state index contributed by atoms with van der Waals surface area (Å²) in [7, 11) is 0. The Kier molecular flexibility index (Phi) is 5.54. The molecule has 0 bridgehead atoms. The first-order valence-electron chi connectivity index (χ1n) is 10.5. The lowest BCUT2D eigenvalue weighted by atomic mass is 10.0. The Labute approximate surface area is 200 Å². The highest BCUT2D eigenvalue weighted by Crippen LogP contribution is 2.50. The SMILES string of the molecule is N#CC1=C(N)N(c2ccccc2)C(=C2C(=O)NN(c3ccccc3)C2=O)SC1c1ccccc1. The fraction of sp³-hybridized carbons (Fsp3) is 0.0385. The first-order chi connectivity index (χ1) is 16.6. The number of anilines is 2. The second-order valence-electron chi connectivity index (χ2n) is 7.59. The molecule has 1 saturated heterocycles. The highest BCUT2D eigenvalue weighted by atomic mass is 32.2. The van der Waals surface area contributed by atoms with Gasteiger partial charge in [0.15, 0.2) is 0 Å². The number of thioether (sulfide) groups is 1. The number of nitriles is 1. The number of nitrogens with zero attached hydrogens (tertiary/aromatic N) is 3. The fourth-order valence-corrected chi connectivity index (χ4v) is 5.35. The van der Waals surface area contributed by atoms with Gasteiger partial charge in [-0.1, -0.05) is 78.5 Å². The smallest absolute Gasteiger partial charge is 0.285 e. The minimum atomic E-state index is -0.530. The molecule has 2 aliphatic heterocycles. The molecular weight excluding hydrogens is 446 g/mol. The number of hydrazine groups is 1. The molecule has 0 radical (unpaired) electrons. The van der Waals surface area contributed by atoms with Crippen LogP contribution in [0.1, 0.15) is 10.8 Å². The number of carbonyl (C=O) groups excluding carboxylic acids is 2. The predicted molar refractivity (Wildman–Crippen MR) is 132 cm³/mol. The number of nitrogens with one attached hydrogen (secondary N) is 1. The summed E-state index contributed by atoms with van der Waals surface area (Å²) < 4.78 is 0. The number of benzene rings is 3. The first-order valence-corrected chi connectivity index (χ1v) is 11.4. The van der Waals surface area contributed by atoms with E-state index in [0.717, 1.165) is 5.56 Å². The number of para-hydroxylation sites is 2. The maximum atomic E-state index is 13.5. The number of amides is 2. The molecule has 0 aromatic heterocycles. The van der Waals surface area contributed by atoms with E-state index in [2.05, 4.69) is 11.5 Å². The van der Waals surface area contributed by atoms with Crippen LogP contribution in [0.3, 0.4) is 0 Å². The van der Waals surface area contributed by atoms with E-state index < -0.39 is 17.1 Å². The molecule has 2 aliphatic rings. The normalized spacial score (nSPS) is 20.4. The zero-order chi connectivity index (χ0) is 23.7. The van der Waals surface area contributed by atoms with E-state index in [-0.39, 0.29) is 11.4 Å². The Morgan fingerprint density at radius 3 is 2.00 bits per heavy atom. The van der Waals surface area contributed by atoms with Crippen LogP contribution in [0, 0.1) is 11.3 Å². The van der Waals surface area contributed by atoms with Gasteiger partial charge < -0.3 is 5.73 Å². The molecular formula is C26H19N5O2S. The molecule has 0 saturated carbocycles. The maximum absolute atomic E-state index is 13.5. The predicted octanol–water partition coefficient (Wildman–Crippen LogP) is 3.96. The zero-order valence-electron chi connectivity index (χ0n) is 17.9. The summed E-state index contributed by atoms with van der Waals surface area (Å²) in [6.45, 7) is 0. The molecule has 1 fully saturated rings. The second kappa shape index (κ2) is 8.81. The summed E-state index contributed by atoms with van der Waals surface area (Å²) in [6.07, 6.45) is 0. The molecule has 2 amide bonds. The Morgan fingerprint density at radius 1 is 0.853 bits per heavy atom. The molecule has 3 aromatic carbocycles. The van der Waals surface area contributed by atoms with Crippen LogP contribution in [0.5, 0.6) is 0 Å². The van der Waals surface area contributed by atoms with E-state index in [1.165, 1.54) is 16.8 Å². The highest BCUT2D eigenvalue weighted by Gasteiger charge is 2.43. The van der Waals surface area contributed by atoms with E-state index in [1.807, 2.05) is 66.7 Å². The van der Waals surface area contributed by atoms with Crippen molar-refractivity contribution in [1.82, 2.24) is 5.43 Å². The van der Waals surface area contributed by atoms with Gasteiger partial charge in [-0.15, -0.1) is 0 Å². The van der Waals surface area contributed by atoms with Crippen LogP contribution in [0.15, 0.2) is 113 Å². The molecule has 7 nitrogen and oxygen atoms in total. The van der Waals surface area contributed by atoms with Gasteiger partial charge in [0.05, 0.1) is 16.5 Å². The molecule has 2 heterocycles. The number of nitrogens with two attached hydrogens (primary N) is 1. The standard InChI is InChI=1S/C26H19N5O2S/c27-16-20-22(17-10-4-1-5-11-17)34-26(30(23(20)28)18-12-6-2-7-13-18)21-24(32)29-31(25(21)33)19-14-8-3-9-15-19/h1-15,22H,28H2,(H,29,32). The lowest BCUT2D eigenvalue weighted by Crippen LogP contribution is -2.35. The van der Waals surface area contributed by atoms with Gasteiger partial charge in [0.25, 0.3) is 11.8 Å². The van der Waals surface area contributed by atoms with Crippen molar-refractivity contribution in [2.45, 2.75) is 5.25 Å². The van der Waals surface area contributed by atoms with Crippen LogP contribution in [-0.4, -0.2) is 11.8 Å². The largest absolute Gasteiger partial charge is 0.384 e. The Hall–Kier alpha value is -4.48. The van der Waals surface area contributed by atoms with E-state index >= 15 is 0 Å². The van der Waals surface area contributed by atoms with Gasteiger partial charge in [0.1, 0.15) is 22.5 Å². The van der Waals surface area contributed by atoms with Crippen LogP contribution in [0.4, 0.5) is 11.4 Å². The quantitative estimate of drug-likeness (QED) is 0.448. The molecule has 5 rings (SSSR count). The van der Waals surface area contributed by atoms with E-state index in [9.17, 15) is 14.9 Å². The number of hydrogen-bond donors (Lipinski definition) is 2. The van der Waals surface area contributed by atoms with Crippen LogP contribution in [0.25, 0.3) is 0 Å². The molecule has 0 aliphatic carbocycles. The Balaban J connectivity index is 1.71. The third kappa shape index (κ3) is 3.58. The zero-order valence-corrected chi connectivity index (χ0v) is 18.7. The van der Waals surface area contributed by atoms with Crippen LogP contribution in [-0.2, 0) is 9.59 Å². The molecule has 1 unspecified atom stereocenters.